The quantitative estimate of drug-likeness (QED) is 0.461. The van der Waals surface area contributed by atoms with E-state index in [0.29, 0.717) is 5.41 Å². The lowest BCUT2D eigenvalue weighted by Gasteiger charge is -2.32. The van der Waals surface area contributed by atoms with Gasteiger partial charge in [0.05, 0.1) is 0 Å². The lowest BCUT2D eigenvalue weighted by Crippen LogP contribution is -2.19. The highest BCUT2D eigenvalue weighted by atomic mass is 79.9. The molecule has 0 unspecified atom stereocenters. The fourth-order valence-electron chi connectivity index (χ4n) is 1.76. The minimum atomic E-state index is 0.460. The van der Waals surface area contributed by atoms with E-state index >= 15 is 0 Å². The summed E-state index contributed by atoms with van der Waals surface area (Å²) in [7, 11) is 0. The van der Waals surface area contributed by atoms with Crippen LogP contribution in [-0.4, -0.2) is 5.33 Å². The van der Waals surface area contributed by atoms with Crippen molar-refractivity contribution in [2.24, 2.45) is 5.41 Å². The van der Waals surface area contributed by atoms with Crippen molar-refractivity contribution in [2.75, 3.05) is 5.33 Å². The molecular formula is C10H17Br. The molecule has 0 spiro atoms. The Bertz CT molecular complexity index is 177. The minimum Gasteiger partial charge on any atom is -0.0880 e. The Hall–Kier alpha value is 0.220. The van der Waals surface area contributed by atoms with E-state index in [-0.39, 0.29) is 0 Å². The molecule has 0 radical (unpaired) electrons. The van der Waals surface area contributed by atoms with E-state index in [1.807, 2.05) is 0 Å². The van der Waals surface area contributed by atoms with Gasteiger partial charge in [0.15, 0.2) is 0 Å². The van der Waals surface area contributed by atoms with E-state index in [4.69, 9.17) is 0 Å². The van der Waals surface area contributed by atoms with Crippen LogP contribution in [0.25, 0.3) is 0 Å². The lowest BCUT2D eigenvalue weighted by atomic mass is 9.74. The second kappa shape index (κ2) is 3.30. The van der Waals surface area contributed by atoms with Crippen LogP contribution in [0.1, 0.15) is 40.0 Å². The molecule has 0 aliphatic heterocycles. The van der Waals surface area contributed by atoms with Gasteiger partial charge < -0.3 is 0 Å². The van der Waals surface area contributed by atoms with Crippen molar-refractivity contribution in [1.29, 1.82) is 0 Å². The van der Waals surface area contributed by atoms with E-state index < -0.39 is 0 Å². The largest absolute Gasteiger partial charge is 0.0880 e. The molecule has 0 aromatic rings. The molecule has 1 heteroatoms. The van der Waals surface area contributed by atoms with Crippen LogP contribution >= 0.6 is 15.9 Å². The molecule has 0 saturated heterocycles. The third kappa shape index (κ3) is 1.87. The van der Waals surface area contributed by atoms with Crippen molar-refractivity contribution in [3.8, 4) is 0 Å². The van der Waals surface area contributed by atoms with Gasteiger partial charge in [-0.25, -0.2) is 0 Å². The number of hydrogen-bond donors (Lipinski definition) is 0. The first-order valence-corrected chi connectivity index (χ1v) is 5.45. The zero-order valence-electron chi connectivity index (χ0n) is 7.71. The summed E-state index contributed by atoms with van der Waals surface area (Å²) in [6.07, 6.45) is 4.03. The SMILES string of the molecule is CC1=C(CBr)CCCC1(C)C. The molecule has 0 heterocycles. The maximum atomic E-state index is 3.55. The van der Waals surface area contributed by atoms with Crippen molar-refractivity contribution in [3.05, 3.63) is 11.1 Å². The predicted molar refractivity (Wildman–Crippen MR) is 54.1 cm³/mol. The van der Waals surface area contributed by atoms with Gasteiger partial charge in [0.1, 0.15) is 0 Å². The fourth-order valence-corrected chi connectivity index (χ4v) is 2.47. The summed E-state index contributed by atoms with van der Waals surface area (Å²) in [5.74, 6) is 0. The third-order valence-electron chi connectivity index (χ3n) is 2.99. The van der Waals surface area contributed by atoms with Crippen LogP contribution in [0.4, 0.5) is 0 Å². The first kappa shape index (κ1) is 9.31. The molecule has 11 heavy (non-hydrogen) atoms. The Labute approximate surface area is 78.2 Å². The molecule has 0 aromatic carbocycles. The van der Waals surface area contributed by atoms with E-state index in [1.54, 1.807) is 11.1 Å². The summed E-state index contributed by atoms with van der Waals surface area (Å²) >= 11 is 3.55. The van der Waals surface area contributed by atoms with Crippen LogP contribution in [0.5, 0.6) is 0 Å². The molecule has 0 amide bonds. The normalized spacial score (nSPS) is 24.0. The second-order valence-corrected chi connectivity index (χ2v) is 4.66. The Morgan fingerprint density at radius 2 is 2.09 bits per heavy atom. The number of halogens is 1. The number of rotatable bonds is 1. The fraction of sp³-hybridized carbons (Fsp3) is 0.800. The van der Waals surface area contributed by atoms with Gasteiger partial charge in [-0.15, -0.1) is 0 Å². The summed E-state index contributed by atoms with van der Waals surface area (Å²) < 4.78 is 0. The van der Waals surface area contributed by atoms with Gasteiger partial charge >= 0.3 is 0 Å². The molecular weight excluding hydrogens is 200 g/mol. The van der Waals surface area contributed by atoms with Gasteiger partial charge in [0.2, 0.25) is 0 Å². The zero-order chi connectivity index (χ0) is 8.48. The maximum absolute atomic E-state index is 3.55. The molecule has 1 rings (SSSR count). The summed E-state index contributed by atoms with van der Waals surface area (Å²) in [5, 5.41) is 1.07. The van der Waals surface area contributed by atoms with Gasteiger partial charge in [0.25, 0.3) is 0 Å². The highest BCUT2D eigenvalue weighted by molar-refractivity contribution is 9.09. The van der Waals surface area contributed by atoms with E-state index in [1.165, 1.54) is 19.3 Å². The molecule has 0 saturated carbocycles. The van der Waals surface area contributed by atoms with Gasteiger partial charge in [-0.1, -0.05) is 40.9 Å². The summed E-state index contributed by atoms with van der Waals surface area (Å²) in [6, 6.07) is 0. The topological polar surface area (TPSA) is 0 Å². The standard InChI is InChI=1S/C10H17Br/c1-8-9(7-11)5-4-6-10(8,2)3/h4-7H2,1-3H3. The molecule has 0 fully saturated rings. The lowest BCUT2D eigenvalue weighted by molar-refractivity contribution is 0.368. The van der Waals surface area contributed by atoms with Crippen molar-refractivity contribution in [2.45, 2.75) is 40.0 Å². The monoisotopic (exact) mass is 216 g/mol. The van der Waals surface area contributed by atoms with Gasteiger partial charge in [-0.2, -0.15) is 0 Å². The molecule has 1 aliphatic rings. The Balaban J connectivity index is 2.89. The van der Waals surface area contributed by atoms with Crippen LogP contribution in [0.15, 0.2) is 11.1 Å². The van der Waals surface area contributed by atoms with Crippen LogP contribution in [0.2, 0.25) is 0 Å². The van der Waals surface area contributed by atoms with Gasteiger partial charge in [0, 0.05) is 5.33 Å². The van der Waals surface area contributed by atoms with E-state index in [9.17, 15) is 0 Å². The zero-order valence-corrected chi connectivity index (χ0v) is 9.29. The Morgan fingerprint density at radius 3 is 2.55 bits per heavy atom. The van der Waals surface area contributed by atoms with Crippen molar-refractivity contribution in [3.63, 3.8) is 0 Å². The van der Waals surface area contributed by atoms with E-state index in [0.717, 1.165) is 5.33 Å². The average Bonchev–Trinajstić information content (AvgIpc) is 1.95. The molecule has 64 valence electrons. The average molecular weight is 217 g/mol. The smallest absolute Gasteiger partial charge is 0.0244 e. The highest BCUT2D eigenvalue weighted by Crippen LogP contribution is 2.39. The first-order chi connectivity index (χ1) is 5.08. The summed E-state index contributed by atoms with van der Waals surface area (Å²) in [5.41, 5.74) is 3.70. The van der Waals surface area contributed by atoms with E-state index in [2.05, 4.69) is 36.7 Å². The molecule has 0 N–H and O–H groups in total. The van der Waals surface area contributed by atoms with Crippen LogP contribution < -0.4 is 0 Å². The van der Waals surface area contributed by atoms with Crippen molar-refractivity contribution in [1.82, 2.24) is 0 Å². The maximum Gasteiger partial charge on any atom is 0.0244 e. The number of allylic oxidation sites excluding steroid dienone is 2. The number of alkyl halides is 1. The van der Waals surface area contributed by atoms with Crippen LogP contribution in [-0.2, 0) is 0 Å². The second-order valence-electron chi connectivity index (χ2n) is 4.10. The third-order valence-corrected chi connectivity index (χ3v) is 3.66. The molecule has 1 aliphatic carbocycles. The summed E-state index contributed by atoms with van der Waals surface area (Å²) in [6.45, 7) is 6.99. The molecule has 0 aromatic heterocycles. The highest BCUT2D eigenvalue weighted by Gasteiger charge is 2.25. The predicted octanol–water partition coefficient (Wildman–Crippen LogP) is 3.91. The van der Waals surface area contributed by atoms with Crippen molar-refractivity contribution < 1.29 is 0 Å². The van der Waals surface area contributed by atoms with Crippen LogP contribution in [0, 0.1) is 5.41 Å². The summed E-state index contributed by atoms with van der Waals surface area (Å²) in [4.78, 5) is 0. The van der Waals surface area contributed by atoms with Crippen molar-refractivity contribution >= 4 is 15.9 Å². The molecule has 0 nitrogen and oxygen atoms in total. The van der Waals surface area contributed by atoms with Gasteiger partial charge in [-0.05, 0) is 31.6 Å². The number of hydrogen-bond acceptors (Lipinski definition) is 0. The van der Waals surface area contributed by atoms with Crippen LogP contribution in [0.3, 0.4) is 0 Å². The van der Waals surface area contributed by atoms with Gasteiger partial charge in [-0.3, -0.25) is 0 Å². The Morgan fingerprint density at radius 1 is 1.45 bits per heavy atom. The first-order valence-electron chi connectivity index (χ1n) is 4.33. The molecule has 0 bridgehead atoms. The molecule has 0 atom stereocenters. The Kier molecular flexibility index (Phi) is 2.79. The minimum absolute atomic E-state index is 0.460.